The van der Waals surface area contributed by atoms with Crippen LogP contribution in [0.2, 0.25) is 0 Å². The van der Waals surface area contributed by atoms with Gasteiger partial charge in [0.05, 0.1) is 12.4 Å². The summed E-state index contributed by atoms with van der Waals surface area (Å²) < 4.78 is 5.41. The maximum Gasteiger partial charge on any atom is 0.228 e. The number of hydrogen-bond acceptors (Lipinski definition) is 4. The van der Waals surface area contributed by atoms with Gasteiger partial charge in [0, 0.05) is 37.2 Å². The number of aliphatic hydroxyl groups is 1. The highest BCUT2D eigenvalue weighted by atomic mass is 16.3. The third-order valence-corrected chi connectivity index (χ3v) is 5.26. The Balaban J connectivity index is 1.38. The van der Waals surface area contributed by atoms with Crippen LogP contribution < -0.4 is 5.32 Å². The lowest BCUT2D eigenvalue weighted by Gasteiger charge is -2.30. The lowest BCUT2D eigenvalue weighted by molar-refractivity contribution is -0.117. The van der Waals surface area contributed by atoms with Crippen LogP contribution in [-0.2, 0) is 11.3 Å². The van der Waals surface area contributed by atoms with Gasteiger partial charge in [-0.3, -0.25) is 9.69 Å². The molecule has 25 heavy (non-hydrogen) atoms. The number of para-hydroxylation sites is 1. The van der Waals surface area contributed by atoms with Crippen LogP contribution in [0.4, 0.5) is 5.69 Å². The lowest BCUT2D eigenvalue weighted by atomic mass is 10.1. The van der Waals surface area contributed by atoms with Gasteiger partial charge in [-0.15, -0.1) is 0 Å². The highest BCUT2D eigenvalue weighted by Gasteiger charge is 2.45. The van der Waals surface area contributed by atoms with Crippen molar-refractivity contribution >= 4 is 11.6 Å². The molecule has 1 aromatic heterocycles. The molecular weight excluding hydrogens is 316 g/mol. The number of carbonyl (C=O) groups excluding carboxylic acids is 1. The first-order chi connectivity index (χ1) is 12.2. The molecule has 132 valence electrons. The van der Waals surface area contributed by atoms with Crippen molar-refractivity contribution in [1.82, 2.24) is 4.90 Å². The first-order valence-corrected chi connectivity index (χ1v) is 9.03. The summed E-state index contributed by atoms with van der Waals surface area (Å²) in [7, 11) is 0. The molecule has 5 nitrogen and oxygen atoms in total. The number of benzene rings is 1. The number of carbonyl (C=O) groups is 1. The Bertz CT molecular complexity index is 720. The minimum Gasteiger partial charge on any atom is -0.469 e. The number of anilines is 1. The van der Waals surface area contributed by atoms with Crippen LogP contribution in [0, 0.1) is 5.92 Å². The van der Waals surface area contributed by atoms with E-state index in [1.165, 1.54) is 0 Å². The van der Waals surface area contributed by atoms with Gasteiger partial charge in [0.15, 0.2) is 0 Å². The Labute approximate surface area is 147 Å². The molecule has 2 atom stereocenters. The van der Waals surface area contributed by atoms with Crippen molar-refractivity contribution in [2.24, 2.45) is 5.92 Å². The first kappa shape index (κ1) is 16.4. The van der Waals surface area contributed by atoms with Crippen molar-refractivity contribution in [3.8, 4) is 0 Å². The molecule has 4 rings (SSSR count). The van der Waals surface area contributed by atoms with E-state index < -0.39 is 0 Å². The molecule has 1 aromatic carbocycles. The van der Waals surface area contributed by atoms with Crippen LogP contribution in [0.1, 0.15) is 36.5 Å². The average molecular weight is 340 g/mol. The minimum atomic E-state index is -0.167. The van der Waals surface area contributed by atoms with E-state index in [1.807, 2.05) is 30.3 Å². The van der Waals surface area contributed by atoms with Gasteiger partial charge in [-0.05, 0) is 43.0 Å². The summed E-state index contributed by atoms with van der Waals surface area (Å²) in [5, 5.41) is 12.8. The summed E-state index contributed by atoms with van der Waals surface area (Å²) in [5.74, 6) is 1.19. The zero-order valence-corrected chi connectivity index (χ0v) is 14.2. The molecule has 2 aliphatic rings. The zero-order chi connectivity index (χ0) is 17.2. The molecule has 1 aliphatic heterocycles. The third-order valence-electron chi connectivity index (χ3n) is 5.26. The van der Waals surface area contributed by atoms with E-state index in [0.29, 0.717) is 0 Å². The van der Waals surface area contributed by atoms with E-state index in [2.05, 4.69) is 16.3 Å². The van der Waals surface area contributed by atoms with Crippen molar-refractivity contribution in [3.05, 3.63) is 54.0 Å². The smallest absolute Gasteiger partial charge is 0.228 e. The highest BCUT2D eigenvalue weighted by Crippen LogP contribution is 2.48. The Kier molecular flexibility index (Phi) is 4.59. The monoisotopic (exact) mass is 340 g/mol. The van der Waals surface area contributed by atoms with Gasteiger partial charge in [-0.1, -0.05) is 18.2 Å². The molecule has 2 fully saturated rings. The normalized spacial score (nSPS) is 24.2. The first-order valence-electron chi connectivity index (χ1n) is 9.03. The second kappa shape index (κ2) is 7.02. The predicted octanol–water partition coefficient (Wildman–Crippen LogP) is 2.98. The van der Waals surface area contributed by atoms with E-state index >= 15 is 0 Å². The van der Waals surface area contributed by atoms with Crippen LogP contribution >= 0.6 is 0 Å². The van der Waals surface area contributed by atoms with E-state index in [0.717, 1.165) is 55.9 Å². The molecule has 0 spiro atoms. The summed E-state index contributed by atoms with van der Waals surface area (Å²) in [6.07, 6.45) is 3.99. The van der Waals surface area contributed by atoms with E-state index in [1.54, 1.807) is 6.26 Å². The van der Waals surface area contributed by atoms with E-state index in [9.17, 15) is 9.90 Å². The van der Waals surface area contributed by atoms with Gasteiger partial charge in [-0.2, -0.15) is 0 Å². The van der Waals surface area contributed by atoms with Gasteiger partial charge in [0.25, 0.3) is 0 Å². The summed E-state index contributed by atoms with van der Waals surface area (Å²) in [6.45, 7) is 2.59. The van der Waals surface area contributed by atoms with Crippen LogP contribution in [-0.4, -0.2) is 35.1 Å². The zero-order valence-electron chi connectivity index (χ0n) is 14.2. The number of amides is 1. The number of furan rings is 1. The van der Waals surface area contributed by atoms with Crippen LogP contribution in [0.25, 0.3) is 0 Å². The molecular formula is C20H24N2O3. The van der Waals surface area contributed by atoms with Crippen LogP contribution in [0.15, 0.2) is 47.1 Å². The van der Waals surface area contributed by atoms with Gasteiger partial charge in [0.2, 0.25) is 5.91 Å². The number of aliphatic hydroxyl groups excluding tert-OH is 1. The standard InChI is InChI=1S/C20H24N2O3/c23-15-7-9-22(10-8-15)13-14-4-1-2-5-18(14)21-20(24)17-12-16(17)19-6-3-11-25-19/h1-6,11,15-17,23H,7-10,12-13H2,(H,21,24). The second-order valence-electron chi connectivity index (χ2n) is 7.12. The topological polar surface area (TPSA) is 65.7 Å². The fourth-order valence-corrected chi connectivity index (χ4v) is 3.63. The van der Waals surface area contributed by atoms with E-state index in [-0.39, 0.29) is 23.8 Å². The highest BCUT2D eigenvalue weighted by molar-refractivity contribution is 5.95. The van der Waals surface area contributed by atoms with Crippen molar-refractivity contribution in [2.75, 3.05) is 18.4 Å². The van der Waals surface area contributed by atoms with Crippen molar-refractivity contribution in [2.45, 2.75) is 37.8 Å². The predicted molar refractivity (Wildman–Crippen MR) is 95.1 cm³/mol. The largest absolute Gasteiger partial charge is 0.469 e. The van der Waals surface area contributed by atoms with E-state index in [4.69, 9.17) is 4.42 Å². The van der Waals surface area contributed by atoms with Crippen molar-refractivity contribution in [1.29, 1.82) is 0 Å². The molecule has 1 amide bonds. The van der Waals surface area contributed by atoms with Crippen LogP contribution in [0.3, 0.4) is 0 Å². The molecule has 5 heteroatoms. The maximum absolute atomic E-state index is 12.6. The molecule has 2 unspecified atom stereocenters. The third kappa shape index (κ3) is 3.78. The Morgan fingerprint density at radius 2 is 2.00 bits per heavy atom. The number of hydrogen-bond donors (Lipinski definition) is 2. The number of likely N-dealkylation sites (tertiary alicyclic amines) is 1. The summed E-state index contributed by atoms with van der Waals surface area (Å²) in [4.78, 5) is 14.9. The fraction of sp³-hybridized carbons (Fsp3) is 0.450. The fourth-order valence-electron chi connectivity index (χ4n) is 3.63. The molecule has 2 N–H and O–H groups in total. The Hall–Kier alpha value is -2.11. The van der Waals surface area contributed by atoms with Crippen LogP contribution in [0.5, 0.6) is 0 Å². The molecule has 1 saturated heterocycles. The Morgan fingerprint density at radius 3 is 2.76 bits per heavy atom. The number of nitrogens with zero attached hydrogens (tertiary/aromatic N) is 1. The van der Waals surface area contributed by atoms with Gasteiger partial charge < -0.3 is 14.8 Å². The number of rotatable bonds is 5. The number of piperidine rings is 1. The minimum absolute atomic E-state index is 0.00402. The molecule has 0 radical (unpaired) electrons. The molecule has 1 saturated carbocycles. The van der Waals surface area contributed by atoms with Gasteiger partial charge in [-0.25, -0.2) is 0 Å². The Morgan fingerprint density at radius 1 is 1.20 bits per heavy atom. The summed E-state index contributed by atoms with van der Waals surface area (Å²) in [5.41, 5.74) is 2.02. The lowest BCUT2D eigenvalue weighted by Crippen LogP contribution is -2.35. The van der Waals surface area contributed by atoms with Crippen molar-refractivity contribution in [3.63, 3.8) is 0 Å². The molecule has 1 aliphatic carbocycles. The SMILES string of the molecule is O=C(Nc1ccccc1CN1CCC(O)CC1)C1CC1c1ccco1. The number of nitrogens with one attached hydrogen (secondary N) is 1. The second-order valence-corrected chi connectivity index (χ2v) is 7.12. The molecule has 2 heterocycles. The maximum atomic E-state index is 12.6. The average Bonchev–Trinajstić information content (AvgIpc) is 3.24. The molecule has 0 bridgehead atoms. The molecule has 2 aromatic rings. The summed E-state index contributed by atoms with van der Waals surface area (Å²) >= 11 is 0. The van der Waals surface area contributed by atoms with Gasteiger partial charge in [0.1, 0.15) is 5.76 Å². The summed E-state index contributed by atoms with van der Waals surface area (Å²) in [6, 6.07) is 11.8. The quantitative estimate of drug-likeness (QED) is 0.878. The van der Waals surface area contributed by atoms with Gasteiger partial charge >= 0.3 is 0 Å². The van der Waals surface area contributed by atoms with Crippen molar-refractivity contribution < 1.29 is 14.3 Å².